The van der Waals surface area contributed by atoms with E-state index in [1.807, 2.05) is 24.3 Å². The Kier molecular flexibility index (Phi) is 1.68. The maximum atomic E-state index is 5.40. The van der Waals surface area contributed by atoms with Crippen molar-refractivity contribution in [2.24, 2.45) is 0 Å². The summed E-state index contributed by atoms with van der Waals surface area (Å²) >= 11 is 6.94. The Hall–Kier alpha value is -0.800. The van der Waals surface area contributed by atoms with Crippen LogP contribution in [0.3, 0.4) is 0 Å². The Morgan fingerprint density at radius 3 is 2.91 bits per heavy atom. The van der Waals surface area contributed by atoms with Gasteiger partial charge in [0.2, 0.25) is 0 Å². The minimum Gasteiger partial charge on any atom is -0.274 e. The van der Waals surface area contributed by atoms with Crippen LogP contribution in [-0.4, -0.2) is 4.98 Å². The van der Waals surface area contributed by atoms with Crippen molar-refractivity contribution >= 4 is 38.5 Å². The first-order valence-corrected chi connectivity index (χ1v) is 4.32. The lowest BCUT2D eigenvalue weighted by molar-refractivity contribution is 1.49. The third kappa shape index (κ3) is 1.17. The molecule has 0 fully saturated rings. The number of hydrogen-bond acceptors (Lipinski definition) is 3. The van der Waals surface area contributed by atoms with Crippen molar-refractivity contribution in [3.63, 3.8) is 0 Å². The van der Waals surface area contributed by atoms with Gasteiger partial charge in [-0.25, -0.2) is 4.98 Å². The molecule has 0 aliphatic heterocycles. The van der Waals surface area contributed by atoms with E-state index in [-0.39, 0.29) is 0 Å². The molecule has 2 nitrogen and oxygen atoms in total. The predicted octanol–water partition coefficient (Wildman–Crippen LogP) is 2.86. The first-order valence-electron chi connectivity index (χ1n) is 3.12. The average Bonchev–Trinajstić information content (AvgIpc) is 2.46. The van der Waals surface area contributed by atoms with Crippen molar-refractivity contribution in [1.82, 2.24) is 4.98 Å². The van der Waals surface area contributed by atoms with Gasteiger partial charge in [0.05, 0.1) is 10.2 Å². The third-order valence-corrected chi connectivity index (χ3v) is 2.62. The lowest BCUT2D eigenvalue weighted by Crippen LogP contribution is -1.74. The van der Waals surface area contributed by atoms with Crippen LogP contribution in [0.2, 0.25) is 0 Å². The number of fused-ring (bicyclic) bond motifs is 1. The van der Waals surface area contributed by atoms with E-state index in [2.05, 4.69) is 9.82 Å². The summed E-state index contributed by atoms with van der Waals surface area (Å²) in [5, 5.41) is 0.743. The zero-order chi connectivity index (χ0) is 7.68. The number of nitrogens with one attached hydrogen (secondary N) is 1. The molecule has 0 aliphatic rings. The monoisotopic (exact) mass is 184 g/mol. The van der Waals surface area contributed by atoms with Crippen molar-refractivity contribution in [3.8, 4) is 0 Å². The molecular formula is C7H5ClN2S. The van der Waals surface area contributed by atoms with E-state index in [0.29, 0.717) is 0 Å². The highest BCUT2D eigenvalue weighted by molar-refractivity contribution is 7.22. The van der Waals surface area contributed by atoms with Gasteiger partial charge in [0.1, 0.15) is 0 Å². The standard InChI is InChI=1S/C7H5ClN2S/c8-10-7-9-5-3-1-2-4-6(5)11-7/h1-4H,(H,9,10). The maximum Gasteiger partial charge on any atom is 0.198 e. The van der Waals surface area contributed by atoms with Gasteiger partial charge in [0.25, 0.3) is 0 Å². The second kappa shape index (κ2) is 2.68. The number of anilines is 1. The van der Waals surface area contributed by atoms with E-state index in [4.69, 9.17) is 11.8 Å². The Morgan fingerprint density at radius 1 is 1.36 bits per heavy atom. The fourth-order valence-electron chi connectivity index (χ4n) is 0.913. The van der Waals surface area contributed by atoms with Crippen LogP contribution in [0.1, 0.15) is 0 Å². The fraction of sp³-hybridized carbons (Fsp3) is 0. The Morgan fingerprint density at radius 2 is 2.18 bits per heavy atom. The summed E-state index contributed by atoms with van der Waals surface area (Å²) in [6.45, 7) is 0. The molecule has 0 radical (unpaired) electrons. The number of halogens is 1. The number of benzene rings is 1. The minimum atomic E-state index is 0.743. The summed E-state index contributed by atoms with van der Waals surface area (Å²) in [6.07, 6.45) is 0. The lowest BCUT2D eigenvalue weighted by atomic mass is 10.3. The van der Waals surface area contributed by atoms with Crippen molar-refractivity contribution in [3.05, 3.63) is 24.3 Å². The molecule has 0 atom stereocenters. The van der Waals surface area contributed by atoms with Gasteiger partial charge in [0, 0.05) is 11.8 Å². The minimum absolute atomic E-state index is 0.743. The molecule has 0 spiro atoms. The van der Waals surface area contributed by atoms with Gasteiger partial charge in [-0.1, -0.05) is 23.5 Å². The molecule has 0 bridgehead atoms. The molecule has 1 aromatic heterocycles. The lowest BCUT2D eigenvalue weighted by Gasteiger charge is -1.81. The van der Waals surface area contributed by atoms with Crippen LogP contribution < -0.4 is 4.84 Å². The molecule has 2 aromatic rings. The van der Waals surface area contributed by atoms with Crippen molar-refractivity contribution in [2.75, 3.05) is 4.84 Å². The molecule has 1 heterocycles. The zero-order valence-electron chi connectivity index (χ0n) is 5.54. The van der Waals surface area contributed by atoms with Crippen LogP contribution in [0.15, 0.2) is 24.3 Å². The number of aromatic nitrogens is 1. The third-order valence-electron chi connectivity index (χ3n) is 1.37. The van der Waals surface area contributed by atoms with Crippen molar-refractivity contribution in [2.45, 2.75) is 0 Å². The van der Waals surface area contributed by atoms with E-state index in [0.717, 1.165) is 15.3 Å². The smallest absolute Gasteiger partial charge is 0.198 e. The van der Waals surface area contributed by atoms with Gasteiger partial charge in [-0.05, 0) is 12.1 Å². The number of hydrogen-bond donors (Lipinski definition) is 1. The maximum absolute atomic E-state index is 5.40. The van der Waals surface area contributed by atoms with Crippen LogP contribution in [0.25, 0.3) is 10.2 Å². The fourth-order valence-corrected chi connectivity index (χ4v) is 1.83. The van der Waals surface area contributed by atoms with E-state index < -0.39 is 0 Å². The van der Waals surface area contributed by atoms with Crippen LogP contribution in [0.5, 0.6) is 0 Å². The largest absolute Gasteiger partial charge is 0.274 e. The number of para-hydroxylation sites is 1. The summed E-state index contributed by atoms with van der Waals surface area (Å²) in [6, 6.07) is 7.92. The first-order chi connectivity index (χ1) is 5.40. The summed E-state index contributed by atoms with van der Waals surface area (Å²) in [7, 11) is 0. The summed E-state index contributed by atoms with van der Waals surface area (Å²) in [5.74, 6) is 0. The molecule has 1 aromatic carbocycles. The first kappa shape index (κ1) is 6.88. The van der Waals surface area contributed by atoms with E-state index in [1.165, 1.54) is 0 Å². The molecule has 0 unspecified atom stereocenters. The van der Waals surface area contributed by atoms with Gasteiger partial charge < -0.3 is 0 Å². The molecular weight excluding hydrogens is 180 g/mol. The molecule has 0 saturated carbocycles. The van der Waals surface area contributed by atoms with E-state index in [1.54, 1.807) is 11.3 Å². The number of thiazole rings is 1. The number of rotatable bonds is 1. The molecule has 0 amide bonds. The van der Waals surface area contributed by atoms with Crippen LogP contribution in [0, 0.1) is 0 Å². The second-order valence-electron chi connectivity index (χ2n) is 2.08. The highest BCUT2D eigenvalue weighted by atomic mass is 35.5. The average molecular weight is 185 g/mol. The van der Waals surface area contributed by atoms with Crippen molar-refractivity contribution < 1.29 is 0 Å². The van der Waals surface area contributed by atoms with Crippen molar-refractivity contribution in [1.29, 1.82) is 0 Å². The molecule has 11 heavy (non-hydrogen) atoms. The van der Waals surface area contributed by atoms with Gasteiger partial charge in [-0.15, -0.1) is 0 Å². The zero-order valence-corrected chi connectivity index (χ0v) is 7.12. The summed E-state index contributed by atoms with van der Waals surface area (Å²) in [4.78, 5) is 6.70. The molecule has 2 rings (SSSR count). The van der Waals surface area contributed by atoms with Gasteiger partial charge >= 0.3 is 0 Å². The molecule has 56 valence electrons. The Labute approximate surface area is 72.9 Å². The quantitative estimate of drug-likeness (QED) is 0.690. The topological polar surface area (TPSA) is 24.9 Å². The van der Waals surface area contributed by atoms with Gasteiger partial charge in [0.15, 0.2) is 5.13 Å². The van der Waals surface area contributed by atoms with E-state index >= 15 is 0 Å². The molecule has 0 saturated heterocycles. The van der Waals surface area contributed by atoms with Gasteiger partial charge in [-0.3, -0.25) is 4.84 Å². The molecule has 4 heteroatoms. The summed E-state index contributed by atoms with van der Waals surface area (Å²) in [5.41, 5.74) is 0.987. The highest BCUT2D eigenvalue weighted by Gasteiger charge is 1.99. The Bertz CT molecular complexity index is 338. The molecule has 0 aliphatic carbocycles. The highest BCUT2D eigenvalue weighted by Crippen LogP contribution is 2.25. The van der Waals surface area contributed by atoms with Crippen LogP contribution in [0.4, 0.5) is 5.13 Å². The Balaban J connectivity index is 2.69. The normalized spacial score (nSPS) is 10.3. The van der Waals surface area contributed by atoms with Crippen LogP contribution >= 0.6 is 23.1 Å². The second-order valence-corrected chi connectivity index (χ2v) is 3.30. The number of nitrogens with zero attached hydrogens (tertiary/aromatic N) is 1. The van der Waals surface area contributed by atoms with Gasteiger partial charge in [-0.2, -0.15) is 0 Å². The summed E-state index contributed by atoms with van der Waals surface area (Å²) < 4.78 is 1.15. The van der Waals surface area contributed by atoms with E-state index in [9.17, 15) is 0 Å². The SMILES string of the molecule is ClNc1nc2ccccc2s1. The van der Waals surface area contributed by atoms with Crippen LogP contribution in [-0.2, 0) is 0 Å². The predicted molar refractivity (Wildman–Crippen MR) is 49.1 cm³/mol. The molecule has 1 N–H and O–H groups in total.